The highest BCUT2D eigenvalue weighted by Crippen LogP contribution is 2.31. The van der Waals surface area contributed by atoms with Gasteiger partial charge in [-0.05, 0) is 56.1 Å². The van der Waals surface area contributed by atoms with Crippen molar-refractivity contribution in [2.24, 2.45) is 0 Å². The van der Waals surface area contributed by atoms with Crippen molar-refractivity contribution in [1.82, 2.24) is 5.32 Å². The van der Waals surface area contributed by atoms with Gasteiger partial charge in [0.1, 0.15) is 11.5 Å². The SMILES string of the molecule is Cl.OCCCCCNCc1ccc(-c2cc(Cl)ccc2Cl)o1. The molecule has 0 amide bonds. The molecule has 0 saturated carbocycles. The first-order valence-electron chi connectivity index (χ1n) is 7.06. The molecule has 0 spiro atoms. The zero-order chi connectivity index (χ0) is 15.1. The monoisotopic (exact) mass is 363 g/mol. The fourth-order valence-corrected chi connectivity index (χ4v) is 2.44. The standard InChI is InChI=1S/C16H19Cl2NO2.ClH/c17-12-4-6-15(18)14(10-12)16-7-5-13(21-16)11-19-8-2-1-3-9-20;/h4-7,10,19-20H,1-3,8-9,11H2;1H. The molecular formula is C16H20Cl3NO2. The average Bonchev–Trinajstić information content (AvgIpc) is 2.94. The van der Waals surface area contributed by atoms with Gasteiger partial charge in [0.15, 0.2) is 0 Å². The lowest BCUT2D eigenvalue weighted by Gasteiger charge is -2.03. The van der Waals surface area contributed by atoms with Gasteiger partial charge in [0.05, 0.1) is 11.6 Å². The molecule has 22 heavy (non-hydrogen) atoms. The second-order valence-corrected chi connectivity index (χ2v) is 5.69. The number of aliphatic hydroxyl groups is 1. The zero-order valence-electron chi connectivity index (χ0n) is 12.1. The smallest absolute Gasteiger partial charge is 0.135 e. The molecule has 122 valence electrons. The quantitative estimate of drug-likeness (QED) is 0.653. The van der Waals surface area contributed by atoms with Crippen LogP contribution in [0.3, 0.4) is 0 Å². The first-order valence-corrected chi connectivity index (χ1v) is 7.82. The van der Waals surface area contributed by atoms with E-state index in [1.165, 1.54) is 0 Å². The summed E-state index contributed by atoms with van der Waals surface area (Å²) in [6, 6.07) is 9.16. The minimum atomic E-state index is 0. The van der Waals surface area contributed by atoms with E-state index in [0.717, 1.165) is 42.9 Å². The van der Waals surface area contributed by atoms with Crippen molar-refractivity contribution in [2.75, 3.05) is 13.2 Å². The van der Waals surface area contributed by atoms with Crippen LogP contribution in [0, 0.1) is 0 Å². The van der Waals surface area contributed by atoms with Crippen LogP contribution in [0.2, 0.25) is 10.0 Å². The van der Waals surface area contributed by atoms with Crippen LogP contribution in [0.15, 0.2) is 34.7 Å². The van der Waals surface area contributed by atoms with E-state index in [-0.39, 0.29) is 19.0 Å². The number of benzene rings is 1. The lowest BCUT2D eigenvalue weighted by atomic mass is 10.2. The van der Waals surface area contributed by atoms with E-state index in [2.05, 4.69) is 5.32 Å². The largest absolute Gasteiger partial charge is 0.460 e. The maximum absolute atomic E-state index is 8.70. The van der Waals surface area contributed by atoms with Crippen LogP contribution in [0.1, 0.15) is 25.0 Å². The second-order valence-electron chi connectivity index (χ2n) is 4.85. The van der Waals surface area contributed by atoms with Crippen LogP contribution >= 0.6 is 35.6 Å². The molecule has 0 aliphatic carbocycles. The van der Waals surface area contributed by atoms with Crippen LogP contribution in [-0.4, -0.2) is 18.3 Å². The first kappa shape index (κ1) is 19.3. The first-order chi connectivity index (χ1) is 10.2. The molecule has 2 aromatic rings. The molecule has 2 N–H and O–H groups in total. The lowest BCUT2D eigenvalue weighted by Crippen LogP contribution is -2.14. The van der Waals surface area contributed by atoms with Gasteiger partial charge >= 0.3 is 0 Å². The van der Waals surface area contributed by atoms with E-state index < -0.39 is 0 Å². The third-order valence-corrected chi connectivity index (χ3v) is 3.73. The summed E-state index contributed by atoms with van der Waals surface area (Å²) in [6.07, 6.45) is 2.94. The van der Waals surface area contributed by atoms with Gasteiger partial charge in [-0.3, -0.25) is 0 Å². The Bertz CT molecular complexity index is 572. The molecule has 0 radical (unpaired) electrons. The zero-order valence-corrected chi connectivity index (χ0v) is 14.5. The van der Waals surface area contributed by atoms with Gasteiger partial charge in [-0.15, -0.1) is 12.4 Å². The summed E-state index contributed by atoms with van der Waals surface area (Å²) in [5, 5.41) is 13.3. The number of aliphatic hydroxyl groups excluding tert-OH is 1. The van der Waals surface area contributed by atoms with Gasteiger partial charge in [-0.2, -0.15) is 0 Å². The number of unbranched alkanes of at least 4 members (excludes halogenated alkanes) is 2. The normalized spacial score (nSPS) is 10.5. The Labute approximate surface area is 147 Å². The van der Waals surface area contributed by atoms with Crippen LogP contribution < -0.4 is 5.32 Å². The van der Waals surface area contributed by atoms with Crippen molar-refractivity contribution in [1.29, 1.82) is 0 Å². The summed E-state index contributed by atoms with van der Waals surface area (Å²) in [4.78, 5) is 0. The molecule has 0 aliphatic heterocycles. The van der Waals surface area contributed by atoms with Crippen molar-refractivity contribution >= 4 is 35.6 Å². The van der Waals surface area contributed by atoms with E-state index in [1.54, 1.807) is 18.2 Å². The van der Waals surface area contributed by atoms with Gasteiger partial charge in [0, 0.05) is 17.2 Å². The van der Waals surface area contributed by atoms with E-state index in [1.807, 2.05) is 12.1 Å². The Morgan fingerprint density at radius 2 is 1.86 bits per heavy atom. The third-order valence-electron chi connectivity index (χ3n) is 3.17. The summed E-state index contributed by atoms with van der Waals surface area (Å²) in [5.41, 5.74) is 0.804. The van der Waals surface area contributed by atoms with Crippen molar-refractivity contribution in [3.63, 3.8) is 0 Å². The predicted octanol–water partition coefficient (Wildman–Crippen LogP) is 4.93. The molecule has 1 heterocycles. The highest BCUT2D eigenvalue weighted by molar-refractivity contribution is 6.35. The Balaban J connectivity index is 0.00000242. The summed E-state index contributed by atoms with van der Waals surface area (Å²) >= 11 is 12.1. The highest BCUT2D eigenvalue weighted by atomic mass is 35.5. The Morgan fingerprint density at radius 3 is 2.64 bits per heavy atom. The molecule has 3 nitrogen and oxygen atoms in total. The minimum Gasteiger partial charge on any atom is -0.460 e. The third kappa shape index (κ3) is 5.82. The van der Waals surface area contributed by atoms with Crippen LogP contribution in [-0.2, 0) is 6.54 Å². The fourth-order valence-electron chi connectivity index (χ4n) is 2.05. The van der Waals surface area contributed by atoms with Crippen molar-refractivity contribution in [2.45, 2.75) is 25.8 Å². The van der Waals surface area contributed by atoms with Crippen LogP contribution in [0.5, 0.6) is 0 Å². The molecule has 0 bridgehead atoms. The maximum atomic E-state index is 8.70. The fraction of sp³-hybridized carbons (Fsp3) is 0.375. The summed E-state index contributed by atoms with van der Waals surface area (Å²) in [6.45, 7) is 1.85. The Morgan fingerprint density at radius 1 is 1.05 bits per heavy atom. The average molecular weight is 365 g/mol. The van der Waals surface area contributed by atoms with Crippen LogP contribution in [0.4, 0.5) is 0 Å². The molecule has 1 aromatic heterocycles. The van der Waals surface area contributed by atoms with Crippen molar-refractivity contribution in [3.8, 4) is 11.3 Å². The minimum absolute atomic E-state index is 0. The lowest BCUT2D eigenvalue weighted by molar-refractivity contribution is 0.282. The molecule has 0 fully saturated rings. The maximum Gasteiger partial charge on any atom is 0.135 e. The van der Waals surface area contributed by atoms with Crippen LogP contribution in [0.25, 0.3) is 11.3 Å². The molecule has 0 aliphatic rings. The van der Waals surface area contributed by atoms with E-state index >= 15 is 0 Å². The van der Waals surface area contributed by atoms with Gasteiger partial charge < -0.3 is 14.8 Å². The van der Waals surface area contributed by atoms with Crippen molar-refractivity contribution in [3.05, 3.63) is 46.1 Å². The number of hydrogen-bond donors (Lipinski definition) is 2. The Hall–Kier alpha value is -0.710. The topological polar surface area (TPSA) is 45.4 Å². The highest BCUT2D eigenvalue weighted by Gasteiger charge is 2.09. The number of nitrogens with one attached hydrogen (secondary N) is 1. The van der Waals surface area contributed by atoms with Gasteiger partial charge in [0.2, 0.25) is 0 Å². The number of furan rings is 1. The molecular weight excluding hydrogens is 345 g/mol. The van der Waals surface area contributed by atoms with Crippen molar-refractivity contribution < 1.29 is 9.52 Å². The second kappa shape index (κ2) is 10.1. The molecule has 0 atom stereocenters. The van der Waals surface area contributed by atoms with E-state index in [9.17, 15) is 0 Å². The number of rotatable bonds is 8. The summed E-state index contributed by atoms with van der Waals surface area (Å²) < 4.78 is 5.79. The molecule has 2 rings (SSSR count). The van der Waals surface area contributed by atoms with E-state index in [4.69, 9.17) is 32.7 Å². The predicted molar refractivity (Wildman–Crippen MR) is 94.1 cm³/mol. The molecule has 0 unspecified atom stereocenters. The molecule has 6 heteroatoms. The molecule has 1 aromatic carbocycles. The van der Waals surface area contributed by atoms with E-state index in [0.29, 0.717) is 16.6 Å². The van der Waals surface area contributed by atoms with Gasteiger partial charge in [0.25, 0.3) is 0 Å². The Kier molecular flexibility index (Phi) is 8.91. The van der Waals surface area contributed by atoms with Gasteiger partial charge in [-0.25, -0.2) is 0 Å². The number of hydrogen-bond acceptors (Lipinski definition) is 3. The summed E-state index contributed by atoms with van der Waals surface area (Å²) in [5.74, 6) is 1.59. The summed E-state index contributed by atoms with van der Waals surface area (Å²) in [7, 11) is 0. The van der Waals surface area contributed by atoms with Gasteiger partial charge in [-0.1, -0.05) is 23.2 Å². The molecule has 0 saturated heterocycles. The number of halogens is 3.